The first kappa shape index (κ1) is 7.01. The van der Waals surface area contributed by atoms with Crippen molar-refractivity contribution in [3.63, 3.8) is 0 Å². The van der Waals surface area contributed by atoms with Crippen molar-refractivity contribution in [2.45, 2.75) is 12.9 Å². The van der Waals surface area contributed by atoms with E-state index in [1.807, 2.05) is 6.92 Å². The zero-order valence-corrected chi connectivity index (χ0v) is 4.65. The van der Waals surface area contributed by atoms with E-state index in [1.165, 1.54) is 0 Å². The molecular weight excluding hydrogens is 87.7 g/mol. The van der Waals surface area contributed by atoms with Crippen LogP contribution in [0.25, 0.3) is 0 Å². The maximum atomic E-state index is 5.24. The van der Waals surface area contributed by atoms with Crippen molar-refractivity contribution in [1.29, 1.82) is 0 Å². The minimum Gasteiger partial charge on any atom is -0.372 e. The fourth-order valence-electron chi connectivity index (χ4n) is 0.285. The fourth-order valence-corrected chi connectivity index (χ4v) is 0.285. The zero-order chi connectivity index (χ0) is 5.70. The van der Waals surface area contributed by atoms with Gasteiger partial charge in [0.25, 0.3) is 7.55 Å². The molecule has 0 saturated heterocycles. The summed E-state index contributed by atoms with van der Waals surface area (Å²) in [4.78, 5) is 0. The van der Waals surface area contributed by atoms with E-state index in [2.05, 4.69) is 5.23 Å². The molecule has 0 aliphatic rings. The molecule has 0 aliphatic carbocycles. The van der Waals surface area contributed by atoms with Crippen molar-refractivity contribution in [3.8, 4) is 0 Å². The van der Waals surface area contributed by atoms with Gasteiger partial charge in [0.05, 0.1) is 0 Å². The minimum absolute atomic E-state index is 0.352. The second kappa shape index (κ2) is 4.18. The minimum atomic E-state index is 0.352. The Morgan fingerprint density at radius 2 is 2.14 bits per heavy atom. The average molecular weight is 98.8 g/mol. The Labute approximate surface area is 45.4 Å². The Morgan fingerprint density at radius 1 is 1.57 bits per heavy atom. The Balaban J connectivity index is 2.83. The maximum Gasteiger partial charge on any atom is 0.283 e. The van der Waals surface area contributed by atoms with Gasteiger partial charge in [-0.25, -0.2) is 0 Å². The van der Waals surface area contributed by atoms with E-state index in [4.69, 9.17) is 11.3 Å². The lowest BCUT2D eigenvalue weighted by Crippen LogP contribution is -2.41. The molecule has 0 aliphatic heterocycles. The summed E-state index contributed by atoms with van der Waals surface area (Å²) in [6.07, 6.45) is 0. The van der Waals surface area contributed by atoms with Crippen LogP contribution in [0.3, 0.4) is 0 Å². The summed E-state index contributed by atoms with van der Waals surface area (Å²) < 4.78 is 0. The van der Waals surface area contributed by atoms with Gasteiger partial charge in [0.15, 0.2) is 0 Å². The van der Waals surface area contributed by atoms with Crippen molar-refractivity contribution >= 4 is 15.0 Å². The molecule has 0 amide bonds. The molecule has 0 spiro atoms. The average Bonchev–Trinajstić information content (AvgIpc) is 1.68. The van der Waals surface area contributed by atoms with Crippen LogP contribution in [0.4, 0.5) is 0 Å². The van der Waals surface area contributed by atoms with Crippen LogP contribution in [-0.2, 0) is 0 Å². The summed E-state index contributed by atoms with van der Waals surface area (Å²) >= 11 is 0. The standard InChI is InChI=1S/C2H11B2N3/c1-2(3-5)7-4-6/h2-4,7H,5-6H2,1H3. The van der Waals surface area contributed by atoms with Crippen LogP contribution in [0, 0.1) is 0 Å². The molecule has 0 aromatic rings. The lowest BCUT2D eigenvalue weighted by molar-refractivity contribution is 0.898. The van der Waals surface area contributed by atoms with Crippen LogP contribution < -0.4 is 16.5 Å². The van der Waals surface area contributed by atoms with E-state index in [-0.39, 0.29) is 0 Å². The third-order valence-corrected chi connectivity index (χ3v) is 0.820. The number of rotatable bonds is 3. The van der Waals surface area contributed by atoms with E-state index >= 15 is 0 Å². The molecule has 0 aromatic carbocycles. The molecule has 1 unspecified atom stereocenters. The Hall–Kier alpha value is 0.00987. The van der Waals surface area contributed by atoms with Crippen molar-refractivity contribution in [1.82, 2.24) is 5.23 Å². The van der Waals surface area contributed by atoms with Gasteiger partial charge in [0.1, 0.15) is 0 Å². The molecular formula is C2H11B2N3. The molecule has 0 saturated carbocycles. The van der Waals surface area contributed by atoms with E-state index < -0.39 is 0 Å². The normalized spacial score (nSPS) is 13.0. The number of nitrogens with one attached hydrogen (secondary N) is 1. The van der Waals surface area contributed by atoms with Gasteiger partial charge in [0, 0.05) is 0 Å². The third-order valence-electron chi connectivity index (χ3n) is 0.820. The molecule has 5 N–H and O–H groups in total. The summed E-state index contributed by atoms with van der Waals surface area (Å²) in [6.45, 7) is 1.99. The van der Waals surface area contributed by atoms with Gasteiger partial charge in [-0.3, -0.25) is 0 Å². The Morgan fingerprint density at radius 3 is 2.29 bits per heavy atom. The quantitative estimate of drug-likeness (QED) is 0.341. The molecule has 3 nitrogen and oxygen atoms in total. The maximum absolute atomic E-state index is 5.24. The van der Waals surface area contributed by atoms with Gasteiger partial charge in [-0.05, 0) is 5.94 Å². The molecule has 0 aromatic heterocycles. The summed E-state index contributed by atoms with van der Waals surface area (Å²) in [6, 6.07) is 0. The summed E-state index contributed by atoms with van der Waals surface area (Å²) in [7, 11) is 1.16. The van der Waals surface area contributed by atoms with E-state index in [0.717, 1.165) is 0 Å². The predicted molar refractivity (Wildman–Crippen MR) is 35.3 cm³/mol. The van der Waals surface area contributed by atoms with Crippen molar-refractivity contribution in [3.05, 3.63) is 0 Å². The van der Waals surface area contributed by atoms with Crippen molar-refractivity contribution in [2.75, 3.05) is 0 Å². The number of hydrogen-bond donors (Lipinski definition) is 3. The highest BCUT2D eigenvalue weighted by molar-refractivity contribution is 6.37. The first-order valence-corrected chi connectivity index (χ1v) is 2.44. The highest BCUT2D eigenvalue weighted by Gasteiger charge is 1.94. The molecule has 0 fully saturated rings. The van der Waals surface area contributed by atoms with Gasteiger partial charge < -0.3 is 16.5 Å². The summed E-state index contributed by atoms with van der Waals surface area (Å²) in [5, 5.41) is 2.95. The molecule has 7 heavy (non-hydrogen) atoms. The van der Waals surface area contributed by atoms with Crippen LogP contribution in [0.15, 0.2) is 0 Å². The second-order valence-corrected chi connectivity index (χ2v) is 1.54. The first-order chi connectivity index (χ1) is 3.31. The van der Waals surface area contributed by atoms with Crippen LogP contribution in [-0.4, -0.2) is 20.9 Å². The predicted octanol–water partition coefficient (Wildman–Crippen LogP) is -2.54. The number of hydrogen-bond acceptors (Lipinski definition) is 3. The molecule has 0 heterocycles. The van der Waals surface area contributed by atoms with Gasteiger partial charge in [-0.15, -0.1) is 0 Å². The van der Waals surface area contributed by atoms with Crippen molar-refractivity contribution < 1.29 is 0 Å². The highest BCUT2D eigenvalue weighted by Crippen LogP contribution is 1.64. The summed E-state index contributed by atoms with van der Waals surface area (Å²) in [5.41, 5.74) is 10.4. The molecule has 1 atom stereocenters. The van der Waals surface area contributed by atoms with E-state index in [0.29, 0.717) is 20.9 Å². The zero-order valence-electron chi connectivity index (χ0n) is 4.65. The number of nitrogens with two attached hydrogens (primary N) is 2. The molecule has 0 radical (unpaired) electrons. The van der Waals surface area contributed by atoms with Crippen LogP contribution in [0.5, 0.6) is 0 Å². The summed E-state index contributed by atoms with van der Waals surface area (Å²) in [5.74, 6) is 0.352. The Bertz CT molecular complexity index is 41.9. The van der Waals surface area contributed by atoms with Crippen LogP contribution in [0.1, 0.15) is 6.92 Å². The molecule has 40 valence electrons. The van der Waals surface area contributed by atoms with Gasteiger partial charge in [-0.2, -0.15) is 0 Å². The highest BCUT2D eigenvalue weighted by atomic mass is 14.8. The van der Waals surface area contributed by atoms with Gasteiger partial charge in [-0.1, -0.05) is 6.92 Å². The van der Waals surface area contributed by atoms with Gasteiger partial charge >= 0.3 is 0 Å². The lowest BCUT2D eigenvalue weighted by Gasteiger charge is -2.03. The van der Waals surface area contributed by atoms with Crippen LogP contribution in [0.2, 0.25) is 0 Å². The van der Waals surface area contributed by atoms with Gasteiger partial charge in [0.2, 0.25) is 7.41 Å². The lowest BCUT2D eigenvalue weighted by atomic mass is 9.84. The molecule has 0 bridgehead atoms. The monoisotopic (exact) mass is 99.1 g/mol. The topological polar surface area (TPSA) is 64.1 Å². The van der Waals surface area contributed by atoms with Crippen LogP contribution >= 0.6 is 0 Å². The molecule has 5 heteroatoms. The SMILES string of the molecule is CC(BN)NBN. The third kappa shape index (κ3) is 3.85. The molecule has 0 rings (SSSR count). The van der Waals surface area contributed by atoms with Crippen molar-refractivity contribution in [2.24, 2.45) is 11.3 Å². The smallest absolute Gasteiger partial charge is 0.283 e. The fraction of sp³-hybridized carbons (Fsp3) is 1.00. The first-order valence-electron chi connectivity index (χ1n) is 2.44. The Kier molecular flexibility index (Phi) is 4.18. The van der Waals surface area contributed by atoms with E-state index in [9.17, 15) is 0 Å². The largest absolute Gasteiger partial charge is 0.372 e. The van der Waals surface area contributed by atoms with E-state index in [1.54, 1.807) is 0 Å². The second-order valence-electron chi connectivity index (χ2n) is 1.54.